The van der Waals surface area contributed by atoms with Crippen molar-refractivity contribution in [3.05, 3.63) is 24.3 Å². The molecule has 0 radical (unpaired) electrons. The zero-order chi connectivity index (χ0) is 22.8. The molecule has 4 amide bonds. The van der Waals surface area contributed by atoms with Crippen molar-refractivity contribution in [2.24, 2.45) is 5.92 Å². The average Bonchev–Trinajstić information content (AvgIpc) is 2.92. The van der Waals surface area contributed by atoms with Gasteiger partial charge in [-0.05, 0) is 69.7 Å². The number of nitrogens with zero attached hydrogens (tertiary/aromatic N) is 1. The lowest BCUT2D eigenvalue weighted by molar-refractivity contribution is -0.135. The molecule has 1 aliphatic heterocycles. The predicted octanol–water partition coefficient (Wildman–Crippen LogP) is 2.20. The van der Waals surface area contributed by atoms with Crippen molar-refractivity contribution >= 4 is 33.6 Å². The summed E-state index contributed by atoms with van der Waals surface area (Å²) in [4.78, 5) is 38.8. The van der Waals surface area contributed by atoms with Gasteiger partial charge >= 0.3 is 6.03 Å². The van der Waals surface area contributed by atoms with Gasteiger partial charge in [0.1, 0.15) is 12.1 Å². The Labute approximate surface area is 183 Å². The molecule has 3 rings (SSSR count). The van der Waals surface area contributed by atoms with Crippen LogP contribution in [0.4, 0.5) is 10.5 Å². The largest absolute Gasteiger partial charge is 0.325 e. The molecular weight excluding hydrogens is 420 g/mol. The molecule has 10 heteroatoms. The summed E-state index contributed by atoms with van der Waals surface area (Å²) in [6, 6.07) is 4.91. The second-order valence-electron chi connectivity index (χ2n) is 8.60. The highest BCUT2D eigenvalue weighted by molar-refractivity contribution is 7.89. The van der Waals surface area contributed by atoms with E-state index in [9.17, 15) is 22.8 Å². The maximum absolute atomic E-state index is 12.9. The summed E-state index contributed by atoms with van der Waals surface area (Å²) >= 11 is 0. The van der Waals surface area contributed by atoms with Crippen LogP contribution in [0.5, 0.6) is 0 Å². The van der Waals surface area contributed by atoms with E-state index in [1.165, 1.54) is 24.3 Å². The van der Waals surface area contributed by atoms with E-state index in [2.05, 4.69) is 22.3 Å². The zero-order valence-corrected chi connectivity index (χ0v) is 18.9. The fourth-order valence-corrected chi connectivity index (χ4v) is 5.43. The van der Waals surface area contributed by atoms with Gasteiger partial charge in [0.15, 0.2) is 0 Å². The number of carbonyl (C=O) groups is 3. The molecule has 31 heavy (non-hydrogen) atoms. The molecule has 2 fully saturated rings. The standard InChI is InChI=1S/C21H30N4O5S/c1-4-15-9-11-21(12-10-15)19(27)25(20(28)23-21)13-18(26)22-16-5-7-17(8-6-16)31(29,30)24-14(2)3/h5-8,14-15,24H,4,9-13H2,1-3H3,(H,22,26)(H,23,28). The average molecular weight is 451 g/mol. The van der Waals surface area contributed by atoms with Crippen molar-refractivity contribution < 1.29 is 22.8 Å². The van der Waals surface area contributed by atoms with E-state index >= 15 is 0 Å². The SMILES string of the molecule is CCC1CCC2(CC1)NC(=O)N(CC(=O)Nc1ccc(S(=O)(=O)NC(C)C)cc1)C2=O. The number of nitrogens with one attached hydrogen (secondary N) is 3. The molecule has 1 aromatic carbocycles. The minimum atomic E-state index is -3.63. The molecule has 2 aliphatic rings. The van der Waals surface area contributed by atoms with E-state index in [1.54, 1.807) is 13.8 Å². The van der Waals surface area contributed by atoms with Crippen LogP contribution in [0.15, 0.2) is 29.2 Å². The third-order valence-corrected chi connectivity index (χ3v) is 7.60. The molecule has 3 N–H and O–H groups in total. The second kappa shape index (κ2) is 8.96. The number of sulfonamides is 1. The van der Waals surface area contributed by atoms with Crippen molar-refractivity contribution in [3.8, 4) is 0 Å². The fourth-order valence-electron chi connectivity index (χ4n) is 4.18. The minimum absolute atomic E-state index is 0.0814. The van der Waals surface area contributed by atoms with E-state index in [-0.39, 0.29) is 16.8 Å². The highest BCUT2D eigenvalue weighted by atomic mass is 32.2. The first-order valence-electron chi connectivity index (χ1n) is 10.6. The van der Waals surface area contributed by atoms with Crippen LogP contribution in [-0.4, -0.2) is 49.3 Å². The topological polar surface area (TPSA) is 125 Å². The molecule has 1 heterocycles. The van der Waals surface area contributed by atoms with Crippen LogP contribution >= 0.6 is 0 Å². The van der Waals surface area contributed by atoms with E-state index in [0.717, 1.165) is 24.2 Å². The van der Waals surface area contributed by atoms with Crippen molar-refractivity contribution in [1.82, 2.24) is 14.9 Å². The molecule has 1 spiro atoms. The quantitative estimate of drug-likeness (QED) is 0.549. The lowest BCUT2D eigenvalue weighted by Gasteiger charge is -2.34. The number of benzene rings is 1. The summed E-state index contributed by atoms with van der Waals surface area (Å²) < 4.78 is 26.8. The monoisotopic (exact) mass is 450 g/mol. The highest BCUT2D eigenvalue weighted by Gasteiger charge is 2.52. The normalized spacial score (nSPS) is 24.0. The molecule has 0 unspecified atom stereocenters. The highest BCUT2D eigenvalue weighted by Crippen LogP contribution is 2.37. The first-order chi connectivity index (χ1) is 14.6. The smallest absolute Gasteiger partial charge is 0.325 e. The van der Waals surface area contributed by atoms with Gasteiger partial charge in [-0.15, -0.1) is 0 Å². The number of amides is 4. The van der Waals surface area contributed by atoms with Crippen LogP contribution in [-0.2, 0) is 19.6 Å². The molecular formula is C21H30N4O5S. The van der Waals surface area contributed by atoms with Crippen LogP contribution < -0.4 is 15.4 Å². The number of hydrogen-bond donors (Lipinski definition) is 3. The Balaban J connectivity index is 1.61. The molecule has 1 saturated heterocycles. The summed E-state index contributed by atoms with van der Waals surface area (Å²) in [5, 5.41) is 5.42. The van der Waals surface area contributed by atoms with Gasteiger partial charge in [-0.2, -0.15) is 0 Å². The third kappa shape index (κ3) is 5.07. The van der Waals surface area contributed by atoms with Crippen molar-refractivity contribution in [1.29, 1.82) is 0 Å². The van der Waals surface area contributed by atoms with Crippen LogP contribution in [0.3, 0.4) is 0 Å². The number of urea groups is 1. The molecule has 1 aliphatic carbocycles. The fraction of sp³-hybridized carbons (Fsp3) is 0.571. The molecule has 9 nitrogen and oxygen atoms in total. The van der Waals surface area contributed by atoms with Gasteiger partial charge in [-0.1, -0.05) is 13.3 Å². The van der Waals surface area contributed by atoms with Gasteiger partial charge in [0.2, 0.25) is 15.9 Å². The Hall–Kier alpha value is -2.46. The number of imide groups is 1. The number of carbonyl (C=O) groups excluding carboxylic acids is 3. The van der Waals surface area contributed by atoms with Gasteiger partial charge in [0.05, 0.1) is 4.90 Å². The van der Waals surface area contributed by atoms with E-state index < -0.39 is 34.0 Å². The van der Waals surface area contributed by atoms with E-state index in [0.29, 0.717) is 24.4 Å². The second-order valence-corrected chi connectivity index (χ2v) is 10.3. The Morgan fingerprint density at radius 2 is 1.81 bits per heavy atom. The van der Waals surface area contributed by atoms with Crippen molar-refractivity contribution in [3.63, 3.8) is 0 Å². The molecule has 1 aromatic rings. The molecule has 1 saturated carbocycles. The first kappa shape index (κ1) is 23.2. The summed E-state index contributed by atoms with van der Waals surface area (Å²) in [6.07, 6.45) is 3.99. The Morgan fingerprint density at radius 3 is 2.35 bits per heavy atom. The van der Waals surface area contributed by atoms with E-state index in [4.69, 9.17) is 0 Å². The Bertz CT molecular complexity index is 950. The van der Waals surface area contributed by atoms with E-state index in [1.807, 2.05) is 0 Å². The summed E-state index contributed by atoms with van der Waals surface area (Å²) in [5.74, 6) is -0.308. The predicted molar refractivity (Wildman–Crippen MR) is 116 cm³/mol. The van der Waals surface area contributed by atoms with Gasteiger partial charge in [0.25, 0.3) is 5.91 Å². The zero-order valence-electron chi connectivity index (χ0n) is 18.1. The van der Waals surface area contributed by atoms with Gasteiger partial charge in [0, 0.05) is 11.7 Å². The third-order valence-electron chi connectivity index (χ3n) is 5.92. The molecule has 0 bridgehead atoms. The summed E-state index contributed by atoms with van der Waals surface area (Å²) in [5.41, 5.74) is -0.513. The maximum atomic E-state index is 12.9. The van der Waals surface area contributed by atoms with Crippen LogP contribution in [0.25, 0.3) is 0 Å². The molecule has 0 atom stereocenters. The van der Waals surface area contributed by atoms with Crippen LogP contribution in [0.1, 0.15) is 52.9 Å². The molecule has 0 aromatic heterocycles. The molecule has 170 valence electrons. The van der Waals surface area contributed by atoms with Gasteiger partial charge in [-0.3, -0.25) is 14.5 Å². The van der Waals surface area contributed by atoms with Crippen LogP contribution in [0, 0.1) is 5.92 Å². The maximum Gasteiger partial charge on any atom is 0.325 e. The Kier molecular flexibility index (Phi) is 6.70. The van der Waals surface area contributed by atoms with Crippen molar-refractivity contribution in [2.45, 2.75) is 69.4 Å². The number of anilines is 1. The summed E-state index contributed by atoms with van der Waals surface area (Å²) in [6.45, 7) is 5.18. The lowest BCUT2D eigenvalue weighted by atomic mass is 9.75. The Morgan fingerprint density at radius 1 is 1.19 bits per heavy atom. The summed E-state index contributed by atoms with van der Waals surface area (Å²) in [7, 11) is -3.63. The number of hydrogen-bond acceptors (Lipinski definition) is 5. The first-order valence-corrected chi connectivity index (χ1v) is 12.1. The van der Waals surface area contributed by atoms with Gasteiger partial charge in [-0.25, -0.2) is 17.9 Å². The number of rotatable bonds is 7. The van der Waals surface area contributed by atoms with Crippen LogP contribution in [0.2, 0.25) is 0 Å². The minimum Gasteiger partial charge on any atom is -0.325 e. The van der Waals surface area contributed by atoms with Crippen molar-refractivity contribution in [2.75, 3.05) is 11.9 Å². The lowest BCUT2D eigenvalue weighted by Crippen LogP contribution is -2.49. The van der Waals surface area contributed by atoms with Gasteiger partial charge < -0.3 is 10.6 Å².